The second-order valence-electron chi connectivity index (χ2n) is 5.75. The quantitative estimate of drug-likeness (QED) is 0.840. The third kappa shape index (κ3) is 5.72. The molecule has 0 saturated heterocycles. The molecule has 0 bridgehead atoms. The van der Waals surface area contributed by atoms with E-state index in [9.17, 15) is 0 Å². The summed E-state index contributed by atoms with van der Waals surface area (Å²) in [6.07, 6.45) is 1.23. The maximum absolute atomic E-state index is 4.68. The molecule has 0 spiro atoms. The van der Waals surface area contributed by atoms with Gasteiger partial charge >= 0.3 is 0 Å². The fourth-order valence-electron chi connectivity index (χ4n) is 1.39. The second-order valence-corrected chi connectivity index (χ2v) is 8.34. The van der Waals surface area contributed by atoms with E-state index in [-0.39, 0.29) is 5.54 Å². The number of nitrogens with one attached hydrogen (secondary N) is 1. The van der Waals surface area contributed by atoms with E-state index in [0.717, 1.165) is 17.5 Å². The molecule has 1 N–H and O–H groups in total. The third-order valence-corrected chi connectivity index (χ3v) is 5.47. The lowest BCUT2D eigenvalue weighted by Gasteiger charge is -2.19. The fraction of sp³-hybridized carbons (Fsp3) is 0.786. The largest absolute Gasteiger partial charge is 0.307 e. The Bertz CT molecular complexity index is 366. The molecule has 104 valence electrons. The number of thiazole rings is 1. The second kappa shape index (κ2) is 6.92. The highest BCUT2D eigenvalue weighted by Crippen LogP contribution is 2.25. The van der Waals surface area contributed by atoms with E-state index in [1.54, 1.807) is 0 Å². The van der Waals surface area contributed by atoms with Crippen LogP contribution in [0.15, 0.2) is 0 Å². The highest BCUT2D eigenvalue weighted by molar-refractivity contribution is 7.99. The number of hydrogen-bond acceptors (Lipinski definition) is 4. The summed E-state index contributed by atoms with van der Waals surface area (Å²) in [4.78, 5) is 6.05. The molecule has 4 heteroatoms. The average Bonchev–Trinajstić information content (AvgIpc) is 2.63. The van der Waals surface area contributed by atoms with Gasteiger partial charge in [-0.1, -0.05) is 13.8 Å². The predicted molar refractivity (Wildman–Crippen MR) is 84.5 cm³/mol. The van der Waals surface area contributed by atoms with Crippen LogP contribution in [0.25, 0.3) is 0 Å². The van der Waals surface area contributed by atoms with E-state index < -0.39 is 0 Å². The van der Waals surface area contributed by atoms with E-state index in [0.29, 0.717) is 0 Å². The molecule has 1 unspecified atom stereocenters. The molecule has 0 amide bonds. The van der Waals surface area contributed by atoms with Crippen LogP contribution < -0.4 is 5.32 Å². The van der Waals surface area contributed by atoms with Crippen molar-refractivity contribution in [2.24, 2.45) is 0 Å². The highest BCUT2D eigenvalue weighted by Gasteiger charge is 2.13. The zero-order valence-electron chi connectivity index (χ0n) is 12.5. The Labute approximate surface area is 120 Å². The maximum atomic E-state index is 4.68. The maximum Gasteiger partial charge on any atom is 0.103 e. The van der Waals surface area contributed by atoms with Gasteiger partial charge in [0.1, 0.15) is 5.01 Å². The first-order chi connectivity index (χ1) is 8.31. The predicted octanol–water partition coefficient (Wildman–Crippen LogP) is 4.37. The van der Waals surface area contributed by atoms with Gasteiger partial charge in [0.25, 0.3) is 0 Å². The minimum absolute atomic E-state index is 0.169. The van der Waals surface area contributed by atoms with Crippen molar-refractivity contribution in [3.63, 3.8) is 0 Å². The van der Waals surface area contributed by atoms with Gasteiger partial charge in [-0.2, -0.15) is 11.8 Å². The molecule has 0 saturated carbocycles. The molecule has 1 heterocycles. The molecule has 0 aliphatic heterocycles. The smallest absolute Gasteiger partial charge is 0.103 e. The number of aryl methyl sites for hydroxylation is 1. The van der Waals surface area contributed by atoms with Crippen molar-refractivity contribution in [3.05, 3.63) is 15.6 Å². The van der Waals surface area contributed by atoms with Gasteiger partial charge in [-0.25, -0.2) is 4.98 Å². The van der Waals surface area contributed by atoms with Crippen LogP contribution in [0, 0.1) is 6.92 Å². The molecule has 0 aliphatic rings. The summed E-state index contributed by atoms with van der Waals surface area (Å²) in [5.41, 5.74) is 1.36. The average molecular weight is 287 g/mol. The molecule has 0 aliphatic carbocycles. The first-order valence-corrected chi connectivity index (χ1v) is 8.50. The van der Waals surface area contributed by atoms with E-state index in [4.69, 9.17) is 0 Å². The molecule has 2 nitrogen and oxygen atoms in total. The van der Waals surface area contributed by atoms with Gasteiger partial charge < -0.3 is 5.32 Å². The summed E-state index contributed by atoms with van der Waals surface area (Å²) in [5, 5.41) is 5.53. The van der Waals surface area contributed by atoms with Crippen LogP contribution in [-0.4, -0.2) is 15.8 Å². The molecular weight excluding hydrogens is 260 g/mol. The van der Waals surface area contributed by atoms with Crippen LogP contribution in [0.4, 0.5) is 0 Å². The number of hydrogen-bond donors (Lipinski definition) is 1. The minimum Gasteiger partial charge on any atom is -0.307 e. The van der Waals surface area contributed by atoms with E-state index in [2.05, 4.69) is 51.8 Å². The van der Waals surface area contributed by atoms with Crippen LogP contribution in [0.3, 0.4) is 0 Å². The zero-order valence-corrected chi connectivity index (χ0v) is 14.1. The van der Waals surface area contributed by atoms with Crippen LogP contribution >= 0.6 is 23.1 Å². The van der Waals surface area contributed by atoms with Gasteiger partial charge in [0.2, 0.25) is 0 Å². The summed E-state index contributed by atoms with van der Waals surface area (Å²) >= 11 is 3.86. The normalized spacial score (nSPS) is 13.9. The van der Waals surface area contributed by atoms with Crippen molar-refractivity contribution in [1.29, 1.82) is 0 Å². The molecule has 1 rings (SSSR count). The molecule has 0 radical (unpaired) electrons. The summed E-state index contributed by atoms with van der Waals surface area (Å²) in [6.45, 7) is 14.2. The van der Waals surface area contributed by atoms with Crippen molar-refractivity contribution in [3.8, 4) is 0 Å². The molecule has 0 aromatic carbocycles. The van der Waals surface area contributed by atoms with Gasteiger partial charge in [0.05, 0.1) is 5.69 Å². The lowest BCUT2D eigenvalue weighted by molar-refractivity contribution is 0.425. The van der Waals surface area contributed by atoms with Crippen LogP contribution in [0.5, 0.6) is 0 Å². The first kappa shape index (κ1) is 16.0. The van der Waals surface area contributed by atoms with Crippen molar-refractivity contribution in [2.45, 2.75) is 71.0 Å². The fourth-order valence-corrected chi connectivity index (χ4v) is 3.36. The first-order valence-electron chi connectivity index (χ1n) is 6.63. The number of rotatable bonds is 6. The van der Waals surface area contributed by atoms with E-state index >= 15 is 0 Å². The SMILES string of the molecule is CCC(C)SCc1nc(C)c(CNC(C)(C)C)s1. The summed E-state index contributed by atoms with van der Waals surface area (Å²) < 4.78 is 0. The van der Waals surface area contributed by atoms with Gasteiger partial charge in [0.15, 0.2) is 0 Å². The van der Waals surface area contributed by atoms with Crippen molar-refractivity contribution < 1.29 is 0 Å². The summed E-state index contributed by atoms with van der Waals surface area (Å²) in [5.74, 6) is 1.05. The Hall–Kier alpha value is -0.0600. The van der Waals surface area contributed by atoms with E-state index in [1.165, 1.54) is 22.0 Å². The van der Waals surface area contributed by atoms with Crippen LogP contribution in [0.2, 0.25) is 0 Å². The molecular formula is C14H26N2S2. The van der Waals surface area contributed by atoms with Gasteiger partial charge in [-0.15, -0.1) is 11.3 Å². The Balaban J connectivity index is 2.53. The summed E-state index contributed by atoms with van der Waals surface area (Å²) in [6, 6.07) is 0. The Kier molecular flexibility index (Phi) is 6.15. The number of aromatic nitrogens is 1. The number of thioether (sulfide) groups is 1. The standard InChI is InChI=1S/C14H26N2S2/c1-7-10(2)17-9-13-16-11(3)12(18-13)8-15-14(4,5)6/h10,15H,7-9H2,1-6H3. The van der Waals surface area contributed by atoms with Crippen LogP contribution in [-0.2, 0) is 12.3 Å². The number of nitrogens with zero attached hydrogens (tertiary/aromatic N) is 1. The Morgan fingerprint density at radius 3 is 2.61 bits per heavy atom. The van der Waals surface area contributed by atoms with Crippen molar-refractivity contribution >= 4 is 23.1 Å². The lowest BCUT2D eigenvalue weighted by atomic mass is 10.1. The van der Waals surface area contributed by atoms with Gasteiger partial charge in [-0.05, 0) is 34.1 Å². The van der Waals surface area contributed by atoms with Crippen LogP contribution in [0.1, 0.15) is 56.6 Å². The van der Waals surface area contributed by atoms with Gasteiger partial charge in [-0.3, -0.25) is 0 Å². The van der Waals surface area contributed by atoms with Crippen molar-refractivity contribution in [2.75, 3.05) is 0 Å². The lowest BCUT2D eigenvalue weighted by Crippen LogP contribution is -2.34. The molecule has 0 fully saturated rings. The molecule has 18 heavy (non-hydrogen) atoms. The molecule has 1 atom stereocenters. The summed E-state index contributed by atoms with van der Waals surface area (Å²) in [7, 11) is 0. The van der Waals surface area contributed by atoms with Gasteiger partial charge in [0, 0.05) is 28.0 Å². The Morgan fingerprint density at radius 2 is 2.06 bits per heavy atom. The Morgan fingerprint density at radius 1 is 1.39 bits per heavy atom. The monoisotopic (exact) mass is 286 g/mol. The minimum atomic E-state index is 0.169. The highest BCUT2D eigenvalue weighted by atomic mass is 32.2. The molecule has 1 aromatic heterocycles. The van der Waals surface area contributed by atoms with Crippen molar-refractivity contribution in [1.82, 2.24) is 10.3 Å². The zero-order chi connectivity index (χ0) is 13.8. The van der Waals surface area contributed by atoms with E-state index in [1.807, 2.05) is 23.1 Å². The third-order valence-electron chi connectivity index (χ3n) is 2.78. The topological polar surface area (TPSA) is 24.9 Å². The molecule has 1 aromatic rings.